The average Bonchev–Trinajstić information content (AvgIpc) is 2.96. The number of fused-ring (bicyclic) bond motifs is 1. The average molecular weight is 441 g/mol. The summed E-state index contributed by atoms with van der Waals surface area (Å²) in [6.45, 7) is 0. The summed E-state index contributed by atoms with van der Waals surface area (Å²) < 4.78 is 39.1. The summed E-state index contributed by atoms with van der Waals surface area (Å²) in [4.78, 5) is 16.1. The number of nitrogens with one attached hydrogen (secondary N) is 2. The van der Waals surface area contributed by atoms with Crippen LogP contribution in [-0.2, 0) is 6.18 Å². The van der Waals surface area contributed by atoms with Crippen molar-refractivity contribution in [1.82, 2.24) is 4.98 Å². The van der Waals surface area contributed by atoms with Gasteiger partial charge in [-0.2, -0.15) is 18.4 Å². The Morgan fingerprint density at radius 3 is 2.65 bits per heavy atom. The number of carbonyl (C=O) groups excluding carboxylic acids is 1. The van der Waals surface area contributed by atoms with Gasteiger partial charge in [-0.15, -0.1) is 0 Å². The number of urea groups is 1. The van der Waals surface area contributed by atoms with E-state index in [2.05, 4.69) is 31.5 Å². The molecule has 10 heteroatoms. The number of anilines is 2. The molecule has 26 heavy (non-hydrogen) atoms. The molecule has 1 aromatic heterocycles. The van der Waals surface area contributed by atoms with Gasteiger partial charge in [0.05, 0.1) is 21.3 Å². The molecule has 0 aliphatic rings. The van der Waals surface area contributed by atoms with Crippen molar-refractivity contribution in [2.45, 2.75) is 6.18 Å². The minimum Gasteiger partial charge on any atom is -0.308 e. The van der Waals surface area contributed by atoms with E-state index in [1.165, 1.54) is 12.1 Å². The number of aromatic nitrogens is 1. The lowest BCUT2D eigenvalue weighted by Gasteiger charge is -2.06. The van der Waals surface area contributed by atoms with Crippen molar-refractivity contribution >= 4 is 54.3 Å². The zero-order valence-corrected chi connectivity index (χ0v) is 15.1. The van der Waals surface area contributed by atoms with Crippen molar-refractivity contribution in [2.24, 2.45) is 0 Å². The molecule has 0 fully saturated rings. The van der Waals surface area contributed by atoms with Gasteiger partial charge in [-0.05, 0) is 52.3 Å². The summed E-state index contributed by atoms with van der Waals surface area (Å²) >= 11 is 4.14. The lowest BCUT2D eigenvalue weighted by molar-refractivity contribution is -0.137. The minimum atomic E-state index is -4.44. The maximum absolute atomic E-state index is 12.7. The van der Waals surface area contributed by atoms with Crippen LogP contribution < -0.4 is 10.6 Å². The van der Waals surface area contributed by atoms with Crippen LogP contribution in [0.25, 0.3) is 10.2 Å². The molecule has 0 atom stereocenters. The van der Waals surface area contributed by atoms with Crippen LogP contribution in [-0.4, -0.2) is 11.0 Å². The van der Waals surface area contributed by atoms with Crippen LogP contribution in [0.4, 0.5) is 28.8 Å². The fraction of sp³-hybridized carbons (Fsp3) is 0.0625. The van der Waals surface area contributed by atoms with Gasteiger partial charge in [0, 0.05) is 10.2 Å². The smallest absolute Gasteiger partial charge is 0.308 e. The first-order valence-electron chi connectivity index (χ1n) is 7.02. The monoisotopic (exact) mass is 440 g/mol. The van der Waals surface area contributed by atoms with E-state index in [4.69, 9.17) is 5.26 Å². The highest BCUT2D eigenvalue weighted by atomic mass is 79.9. The molecular formula is C16H8BrF3N4OS. The Balaban J connectivity index is 1.76. The van der Waals surface area contributed by atoms with Crippen LogP contribution in [0.2, 0.25) is 0 Å². The Morgan fingerprint density at radius 1 is 1.19 bits per heavy atom. The number of rotatable bonds is 2. The van der Waals surface area contributed by atoms with E-state index in [9.17, 15) is 18.0 Å². The van der Waals surface area contributed by atoms with Gasteiger partial charge in [0.2, 0.25) is 0 Å². The first kappa shape index (κ1) is 18.2. The third-order valence-corrected chi connectivity index (χ3v) is 4.91. The molecule has 0 bridgehead atoms. The summed E-state index contributed by atoms with van der Waals surface area (Å²) in [6.07, 6.45) is -4.44. The number of carbonyl (C=O) groups is 1. The summed E-state index contributed by atoms with van der Waals surface area (Å²) in [7, 11) is 0. The molecule has 3 rings (SSSR count). The molecule has 0 unspecified atom stereocenters. The van der Waals surface area contributed by atoms with E-state index < -0.39 is 17.8 Å². The normalized spacial score (nSPS) is 11.2. The van der Waals surface area contributed by atoms with Crippen molar-refractivity contribution in [3.63, 3.8) is 0 Å². The van der Waals surface area contributed by atoms with E-state index in [1.54, 1.807) is 12.1 Å². The maximum Gasteiger partial charge on any atom is 0.416 e. The summed E-state index contributed by atoms with van der Waals surface area (Å²) in [5, 5.41) is 14.1. The topological polar surface area (TPSA) is 77.8 Å². The molecule has 2 N–H and O–H groups in total. The lowest BCUT2D eigenvalue weighted by atomic mass is 10.2. The van der Waals surface area contributed by atoms with Crippen LogP contribution in [0.1, 0.15) is 11.1 Å². The molecule has 2 amide bonds. The van der Waals surface area contributed by atoms with E-state index in [-0.39, 0.29) is 5.13 Å². The standard InChI is InChI=1S/C16H8BrF3N4OS/c17-11-3-2-10(5-8(11)7-21)22-14(25)24-15-23-12-4-1-9(16(18,19)20)6-13(12)26-15/h1-6H,(H2,22,23,24,25). The Labute approximate surface area is 157 Å². The number of amides is 2. The predicted octanol–water partition coefficient (Wildman–Crippen LogP) is 5.59. The third kappa shape index (κ3) is 3.95. The number of nitriles is 1. The highest BCUT2D eigenvalue weighted by Crippen LogP contribution is 2.34. The molecule has 0 radical (unpaired) electrons. The van der Waals surface area contributed by atoms with Crippen molar-refractivity contribution in [1.29, 1.82) is 5.26 Å². The van der Waals surface area contributed by atoms with E-state index in [1.807, 2.05) is 6.07 Å². The number of thiazole rings is 1. The second kappa shape index (κ2) is 6.93. The largest absolute Gasteiger partial charge is 0.416 e. The third-order valence-electron chi connectivity index (χ3n) is 3.28. The van der Waals surface area contributed by atoms with Gasteiger partial charge >= 0.3 is 12.2 Å². The number of hydrogen-bond acceptors (Lipinski definition) is 4. The molecular weight excluding hydrogens is 433 g/mol. The second-order valence-electron chi connectivity index (χ2n) is 5.08. The van der Waals surface area contributed by atoms with Gasteiger partial charge < -0.3 is 5.32 Å². The van der Waals surface area contributed by atoms with Crippen molar-refractivity contribution in [2.75, 3.05) is 10.6 Å². The zero-order chi connectivity index (χ0) is 18.9. The van der Waals surface area contributed by atoms with Gasteiger partial charge in [0.1, 0.15) is 6.07 Å². The fourth-order valence-electron chi connectivity index (χ4n) is 2.10. The van der Waals surface area contributed by atoms with Crippen LogP contribution in [0.5, 0.6) is 0 Å². The molecule has 132 valence electrons. The number of benzene rings is 2. The Morgan fingerprint density at radius 2 is 1.96 bits per heavy atom. The lowest BCUT2D eigenvalue weighted by Crippen LogP contribution is -2.19. The summed E-state index contributed by atoms with van der Waals surface area (Å²) in [6, 6.07) is 9.24. The van der Waals surface area contributed by atoms with Gasteiger partial charge in [0.25, 0.3) is 0 Å². The van der Waals surface area contributed by atoms with Crippen molar-refractivity contribution in [3.8, 4) is 6.07 Å². The van der Waals surface area contributed by atoms with E-state index >= 15 is 0 Å². The van der Waals surface area contributed by atoms with Crippen LogP contribution in [0, 0.1) is 11.3 Å². The Hall–Kier alpha value is -2.64. The fourth-order valence-corrected chi connectivity index (χ4v) is 3.34. The van der Waals surface area contributed by atoms with Gasteiger partial charge in [-0.1, -0.05) is 11.3 Å². The number of halogens is 4. The van der Waals surface area contributed by atoms with Crippen LogP contribution in [0.15, 0.2) is 40.9 Å². The molecule has 5 nitrogen and oxygen atoms in total. The van der Waals surface area contributed by atoms with Gasteiger partial charge in [-0.25, -0.2) is 9.78 Å². The zero-order valence-electron chi connectivity index (χ0n) is 12.7. The molecule has 0 saturated carbocycles. The molecule has 3 aromatic rings. The second-order valence-corrected chi connectivity index (χ2v) is 6.97. The van der Waals surface area contributed by atoms with Gasteiger partial charge in [-0.3, -0.25) is 5.32 Å². The highest BCUT2D eigenvalue weighted by Gasteiger charge is 2.30. The number of nitrogens with zero attached hydrogens (tertiary/aromatic N) is 2. The first-order valence-corrected chi connectivity index (χ1v) is 8.62. The molecule has 2 aromatic carbocycles. The SMILES string of the molecule is N#Cc1cc(NC(=O)Nc2nc3ccc(C(F)(F)F)cc3s2)ccc1Br. The first-order chi connectivity index (χ1) is 12.3. The highest BCUT2D eigenvalue weighted by molar-refractivity contribution is 9.10. The van der Waals surface area contributed by atoms with Crippen LogP contribution >= 0.6 is 27.3 Å². The number of alkyl halides is 3. The molecule has 0 aliphatic carbocycles. The molecule has 1 heterocycles. The molecule has 0 saturated heterocycles. The minimum absolute atomic E-state index is 0.162. The Kier molecular flexibility index (Phi) is 4.84. The maximum atomic E-state index is 12.7. The van der Waals surface area contributed by atoms with E-state index in [0.717, 1.165) is 23.5 Å². The quantitative estimate of drug-likeness (QED) is 0.544. The molecule has 0 aliphatic heterocycles. The summed E-state index contributed by atoms with van der Waals surface area (Å²) in [5.74, 6) is 0. The van der Waals surface area contributed by atoms with Crippen molar-refractivity contribution < 1.29 is 18.0 Å². The Bertz CT molecular complexity index is 1040. The number of hydrogen-bond donors (Lipinski definition) is 2. The van der Waals surface area contributed by atoms with E-state index in [0.29, 0.717) is 25.9 Å². The van der Waals surface area contributed by atoms with Crippen molar-refractivity contribution in [3.05, 3.63) is 52.0 Å². The van der Waals surface area contributed by atoms with Crippen LogP contribution in [0.3, 0.4) is 0 Å². The summed E-state index contributed by atoms with van der Waals surface area (Å²) in [5.41, 5.74) is 0.322. The van der Waals surface area contributed by atoms with Gasteiger partial charge in [0.15, 0.2) is 5.13 Å². The predicted molar refractivity (Wildman–Crippen MR) is 96.1 cm³/mol. The molecule has 0 spiro atoms.